The Morgan fingerprint density at radius 2 is 1.57 bits per heavy atom. The summed E-state index contributed by atoms with van der Waals surface area (Å²) in [5.74, 6) is 0. The number of aromatic nitrogens is 1. The maximum absolute atomic E-state index is 13.7. The number of rotatable bonds is 9. The van der Waals surface area contributed by atoms with Crippen molar-refractivity contribution in [3.05, 3.63) is 108 Å². The lowest BCUT2D eigenvalue weighted by Crippen LogP contribution is -2.33. The van der Waals surface area contributed by atoms with Crippen LogP contribution in [0.2, 0.25) is 0 Å². The van der Waals surface area contributed by atoms with Crippen molar-refractivity contribution >= 4 is 15.7 Å². The third kappa shape index (κ3) is 5.14. The summed E-state index contributed by atoms with van der Waals surface area (Å²) in [5, 5.41) is -0.865. The summed E-state index contributed by atoms with van der Waals surface area (Å²) in [4.78, 5) is 6.10. The van der Waals surface area contributed by atoms with E-state index in [0.717, 1.165) is 16.8 Å². The van der Waals surface area contributed by atoms with E-state index in [4.69, 9.17) is 0 Å². The average molecular weight is 422 g/mol. The zero-order valence-corrected chi connectivity index (χ0v) is 18.2. The Morgan fingerprint density at radius 1 is 0.933 bits per heavy atom. The minimum absolute atomic E-state index is 0.273. The molecule has 1 unspecified atom stereocenters. The van der Waals surface area contributed by atoms with E-state index in [-0.39, 0.29) is 13.1 Å². The van der Waals surface area contributed by atoms with Crippen LogP contribution in [0.5, 0.6) is 0 Å². The van der Waals surface area contributed by atoms with E-state index < -0.39 is 15.3 Å². The van der Waals surface area contributed by atoms with Crippen LogP contribution in [0.25, 0.3) is 0 Å². The van der Waals surface area contributed by atoms with Gasteiger partial charge in [-0.3, -0.25) is 4.98 Å². The maximum atomic E-state index is 13.7. The molecule has 6 heteroatoms. The van der Waals surface area contributed by atoms with E-state index in [9.17, 15) is 8.42 Å². The fraction of sp³-hybridized carbons (Fsp3) is 0.208. The minimum Gasteiger partial charge on any atom is -0.378 e. The average Bonchev–Trinajstić information content (AvgIpc) is 2.75. The van der Waals surface area contributed by atoms with Crippen molar-refractivity contribution < 1.29 is 8.42 Å². The van der Waals surface area contributed by atoms with E-state index in [1.165, 1.54) is 10.4 Å². The Bertz CT molecular complexity index is 1050. The van der Waals surface area contributed by atoms with Gasteiger partial charge in [-0.05, 0) is 34.9 Å². The van der Waals surface area contributed by atoms with Crippen LogP contribution in [-0.4, -0.2) is 31.8 Å². The van der Waals surface area contributed by atoms with Gasteiger partial charge in [0.2, 0.25) is 10.0 Å². The van der Waals surface area contributed by atoms with Crippen molar-refractivity contribution in [2.75, 3.05) is 19.0 Å². The second-order valence-electron chi connectivity index (χ2n) is 7.30. The van der Waals surface area contributed by atoms with Crippen LogP contribution >= 0.6 is 0 Å². The Balaban J connectivity index is 1.96. The van der Waals surface area contributed by atoms with E-state index in [1.54, 1.807) is 24.5 Å². The van der Waals surface area contributed by atoms with Gasteiger partial charge in [-0.2, -0.15) is 4.31 Å². The Labute approximate surface area is 179 Å². The monoisotopic (exact) mass is 421 g/mol. The minimum atomic E-state index is -3.72. The summed E-state index contributed by atoms with van der Waals surface area (Å²) < 4.78 is 28.9. The lowest BCUT2D eigenvalue weighted by molar-refractivity contribution is 0.397. The van der Waals surface area contributed by atoms with Crippen molar-refractivity contribution in [2.24, 2.45) is 0 Å². The molecule has 3 rings (SSSR count). The molecule has 1 aromatic heterocycles. The van der Waals surface area contributed by atoms with Crippen LogP contribution in [-0.2, 0) is 23.1 Å². The van der Waals surface area contributed by atoms with Crippen LogP contribution < -0.4 is 4.90 Å². The van der Waals surface area contributed by atoms with Crippen molar-refractivity contribution in [3.63, 3.8) is 0 Å². The van der Waals surface area contributed by atoms with Gasteiger partial charge in [0.1, 0.15) is 5.25 Å². The van der Waals surface area contributed by atoms with Gasteiger partial charge in [-0.15, -0.1) is 6.58 Å². The summed E-state index contributed by atoms with van der Waals surface area (Å²) in [6, 6.07) is 21.1. The number of anilines is 1. The first-order chi connectivity index (χ1) is 14.4. The smallest absolute Gasteiger partial charge is 0.225 e. The number of nitrogens with zero attached hydrogens (tertiary/aromatic N) is 3. The lowest BCUT2D eigenvalue weighted by Gasteiger charge is -2.27. The zero-order chi connectivity index (χ0) is 21.6. The van der Waals surface area contributed by atoms with Crippen LogP contribution in [0.1, 0.15) is 21.9 Å². The van der Waals surface area contributed by atoms with Crippen molar-refractivity contribution in [2.45, 2.75) is 18.3 Å². The first-order valence-electron chi connectivity index (χ1n) is 9.73. The fourth-order valence-corrected chi connectivity index (χ4v) is 4.97. The Hall–Kier alpha value is -2.96. The third-order valence-electron chi connectivity index (χ3n) is 4.92. The first kappa shape index (κ1) is 21.7. The molecule has 1 heterocycles. The molecule has 0 spiro atoms. The van der Waals surface area contributed by atoms with E-state index >= 15 is 0 Å². The van der Waals surface area contributed by atoms with Gasteiger partial charge in [0, 0.05) is 45.3 Å². The quantitative estimate of drug-likeness (QED) is 0.480. The highest BCUT2D eigenvalue weighted by atomic mass is 32.2. The molecular weight excluding hydrogens is 394 g/mol. The maximum Gasteiger partial charge on any atom is 0.225 e. The number of benzene rings is 2. The van der Waals surface area contributed by atoms with Crippen LogP contribution in [0, 0.1) is 0 Å². The van der Waals surface area contributed by atoms with E-state index in [2.05, 4.69) is 11.6 Å². The number of hydrogen-bond acceptors (Lipinski definition) is 4. The molecule has 156 valence electrons. The summed E-state index contributed by atoms with van der Waals surface area (Å²) in [7, 11) is 0.228. The lowest BCUT2D eigenvalue weighted by atomic mass is 10.2. The Kier molecular flexibility index (Phi) is 7.03. The summed E-state index contributed by atoms with van der Waals surface area (Å²) >= 11 is 0. The van der Waals surface area contributed by atoms with Gasteiger partial charge in [-0.1, -0.05) is 54.6 Å². The molecular formula is C24H27N3O2S. The molecule has 1 atom stereocenters. The molecule has 2 aromatic carbocycles. The van der Waals surface area contributed by atoms with Gasteiger partial charge < -0.3 is 4.90 Å². The number of sulfonamides is 1. The predicted octanol–water partition coefficient (Wildman–Crippen LogP) is 4.41. The van der Waals surface area contributed by atoms with Gasteiger partial charge in [-0.25, -0.2) is 8.42 Å². The topological polar surface area (TPSA) is 53.5 Å². The van der Waals surface area contributed by atoms with Crippen LogP contribution in [0.3, 0.4) is 0 Å². The molecule has 0 aliphatic carbocycles. The number of hydrogen-bond donors (Lipinski definition) is 0. The molecule has 0 bridgehead atoms. The van der Waals surface area contributed by atoms with Gasteiger partial charge in [0.05, 0.1) is 0 Å². The van der Waals surface area contributed by atoms with E-state index in [0.29, 0.717) is 5.56 Å². The molecule has 0 aliphatic rings. The summed E-state index contributed by atoms with van der Waals surface area (Å²) in [5.41, 5.74) is 3.53. The number of pyridine rings is 1. The standard InChI is InChI=1S/C24H27N3O2S/c1-4-24(22-11-8-16-25-17-22)30(28,29)27(18-20-9-6-5-7-10-20)19-21-12-14-23(15-13-21)26(2)3/h4-17,24H,1,18-19H2,2-3H3. The molecule has 0 saturated heterocycles. The van der Waals surface area contributed by atoms with Crippen LogP contribution in [0.15, 0.2) is 91.8 Å². The second kappa shape index (κ2) is 9.69. The van der Waals surface area contributed by atoms with Gasteiger partial charge >= 0.3 is 0 Å². The predicted molar refractivity (Wildman–Crippen MR) is 123 cm³/mol. The van der Waals surface area contributed by atoms with Crippen molar-refractivity contribution in [1.82, 2.24) is 9.29 Å². The summed E-state index contributed by atoms with van der Waals surface area (Å²) in [6.07, 6.45) is 4.68. The highest BCUT2D eigenvalue weighted by molar-refractivity contribution is 7.89. The van der Waals surface area contributed by atoms with E-state index in [1.807, 2.05) is 73.6 Å². The van der Waals surface area contributed by atoms with Gasteiger partial charge in [0.25, 0.3) is 0 Å². The highest BCUT2D eigenvalue weighted by Crippen LogP contribution is 2.29. The highest BCUT2D eigenvalue weighted by Gasteiger charge is 2.31. The Morgan fingerprint density at radius 3 is 2.10 bits per heavy atom. The summed E-state index contributed by atoms with van der Waals surface area (Å²) in [6.45, 7) is 4.35. The molecule has 0 radical (unpaired) electrons. The third-order valence-corrected chi connectivity index (χ3v) is 7.01. The molecule has 0 N–H and O–H groups in total. The first-order valence-corrected chi connectivity index (χ1v) is 11.2. The molecule has 0 aliphatic heterocycles. The SMILES string of the molecule is C=CC(c1cccnc1)S(=O)(=O)N(Cc1ccccc1)Cc1ccc(N(C)C)cc1. The normalized spacial score (nSPS) is 12.5. The fourth-order valence-electron chi connectivity index (χ4n) is 3.26. The second-order valence-corrected chi connectivity index (χ2v) is 9.36. The largest absolute Gasteiger partial charge is 0.378 e. The van der Waals surface area contributed by atoms with Crippen molar-refractivity contribution in [1.29, 1.82) is 0 Å². The molecule has 3 aromatic rings. The molecule has 0 amide bonds. The molecule has 0 fully saturated rings. The molecule has 0 saturated carbocycles. The van der Waals surface area contributed by atoms with Gasteiger partial charge in [0.15, 0.2) is 0 Å². The van der Waals surface area contributed by atoms with Crippen LogP contribution in [0.4, 0.5) is 5.69 Å². The zero-order valence-electron chi connectivity index (χ0n) is 17.3. The molecule has 5 nitrogen and oxygen atoms in total. The molecule has 30 heavy (non-hydrogen) atoms. The van der Waals surface area contributed by atoms with Crippen molar-refractivity contribution in [3.8, 4) is 0 Å².